The van der Waals surface area contributed by atoms with Gasteiger partial charge in [0.05, 0.1) is 6.10 Å². The molecule has 0 aromatic rings. The van der Waals surface area contributed by atoms with Crippen molar-refractivity contribution in [2.45, 2.75) is 83.0 Å². The fraction of sp³-hybridized carbons (Fsp3) is 1.00. The van der Waals surface area contributed by atoms with E-state index in [2.05, 4.69) is 31.0 Å². The molecular formula is C17H32N2O. The van der Waals surface area contributed by atoms with E-state index in [0.717, 1.165) is 6.54 Å². The lowest BCUT2D eigenvalue weighted by atomic mass is 9.62. The maximum Gasteiger partial charge on any atom is 0.0652 e. The van der Waals surface area contributed by atoms with Gasteiger partial charge in [-0.25, -0.2) is 0 Å². The van der Waals surface area contributed by atoms with Crippen LogP contribution in [0.3, 0.4) is 0 Å². The Hall–Kier alpha value is -0.120. The van der Waals surface area contributed by atoms with E-state index in [4.69, 9.17) is 4.74 Å². The number of nitrogens with zero attached hydrogens (tertiary/aromatic N) is 1. The Morgan fingerprint density at radius 2 is 1.85 bits per heavy atom. The van der Waals surface area contributed by atoms with Crippen LogP contribution in [0.5, 0.6) is 0 Å². The molecule has 0 aromatic heterocycles. The van der Waals surface area contributed by atoms with E-state index in [-0.39, 0.29) is 0 Å². The molecule has 3 aliphatic rings. The van der Waals surface area contributed by atoms with E-state index in [1.165, 1.54) is 45.1 Å². The van der Waals surface area contributed by atoms with Crippen LogP contribution in [0.15, 0.2) is 0 Å². The zero-order chi connectivity index (χ0) is 14.4. The molecule has 3 nitrogen and oxygen atoms in total. The summed E-state index contributed by atoms with van der Waals surface area (Å²) in [5, 5.41) is 3.90. The summed E-state index contributed by atoms with van der Waals surface area (Å²) >= 11 is 0. The van der Waals surface area contributed by atoms with Crippen molar-refractivity contribution in [3.05, 3.63) is 0 Å². The molecule has 1 heterocycles. The molecule has 2 saturated carbocycles. The van der Waals surface area contributed by atoms with Gasteiger partial charge < -0.3 is 10.1 Å². The molecule has 3 heteroatoms. The van der Waals surface area contributed by atoms with Crippen LogP contribution < -0.4 is 5.32 Å². The first-order valence-corrected chi connectivity index (χ1v) is 8.52. The number of piperazine rings is 1. The van der Waals surface area contributed by atoms with Gasteiger partial charge in [0.1, 0.15) is 0 Å². The van der Waals surface area contributed by atoms with Crippen LogP contribution in [0.4, 0.5) is 0 Å². The second-order valence-electron chi connectivity index (χ2n) is 8.04. The SMILES string of the molecule is COC1CC(N2CC3(CCCCC3)NCC2C)C1(C)C. The van der Waals surface area contributed by atoms with Gasteiger partial charge in [0.2, 0.25) is 0 Å². The predicted octanol–water partition coefficient (Wildman–Crippen LogP) is 2.80. The van der Waals surface area contributed by atoms with Crippen molar-refractivity contribution < 1.29 is 4.74 Å². The Balaban J connectivity index is 1.72. The van der Waals surface area contributed by atoms with Crippen LogP contribution in [0, 0.1) is 5.41 Å². The molecule has 2 aliphatic carbocycles. The fourth-order valence-electron chi connectivity index (χ4n) is 4.85. The number of hydrogen-bond donors (Lipinski definition) is 1. The minimum atomic E-state index is 0.302. The van der Waals surface area contributed by atoms with Crippen LogP contribution >= 0.6 is 0 Å². The quantitative estimate of drug-likeness (QED) is 0.842. The Bertz CT molecular complexity index is 349. The van der Waals surface area contributed by atoms with E-state index >= 15 is 0 Å². The molecule has 3 rings (SSSR count). The average Bonchev–Trinajstić information content (AvgIpc) is 2.43. The molecule has 3 unspecified atom stereocenters. The summed E-state index contributed by atoms with van der Waals surface area (Å²) in [6.07, 6.45) is 8.64. The van der Waals surface area contributed by atoms with Gasteiger partial charge in [0.25, 0.3) is 0 Å². The second kappa shape index (κ2) is 5.26. The number of methoxy groups -OCH3 is 1. The molecule has 0 aromatic carbocycles. The first-order valence-electron chi connectivity index (χ1n) is 8.52. The maximum atomic E-state index is 5.65. The molecule has 0 amide bonds. The number of rotatable bonds is 2. The summed E-state index contributed by atoms with van der Waals surface area (Å²) in [6.45, 7) is 9.57. The standard InChI is InChI=1S/C17H32N2O/c1-13-11-18-17(8-6-5-7-9-17)12-19(13)14-10-15(20-4)16(14,2)3/h13-15,18H,5-12H2,1-4H3. The zero-order valence-corrected chi connectivity index (χ0v) is 13.7. The summed E-state index contributed by atoms with van der Waals surface area (Å²) in [4.78, 5) is 2.80. The molecule has 20 heavy (non-hydrogen) atoms. The van der Waals surface area contributed by atoms with E-state index < -0.39 is 0 Å². The molecule has 3 atom stereocenters. The van der Waals surface area contributed by atoms with Gasteiger partial charge >= 0.3 is 0 Å². The number of ether oxygens (including phenoxy) is 1. The van der Waals surface area contributed by atoms with E-state index in [9.17, 15) is 0 Å². The van der Waals surface area contributed by atoms with Crippen molar-refractivity contribution in [3.8, 4) is 0 Å². The van der Waals surface area contributed by atoms with Crippen molar-refractivity contribution in [2.75, 3.05) is 20.2 Å². The van der Waals surface area contributed by atoms with Gasteiger partial charge in [-0.3, -0.25) is 4.90 Å². The van der Waals surface area contributed by atoms with Crippen LogP contribution in [0.1, 0.15) is 59.3 Å². The van der Waals surface area contributed by atoms with Gasteiger partial charge in [-0.15, -0.1) is 0 Å². The van der Waals surface area contributed by atoms with Crippen molar-refractivity contribution in [1.82, 2.24) is 10.2 Å². The number of nitrogens with one attached hydrogen (secondary N) is 1. The first-order chi connectivity index (χ1) is 9.48. The molecule has 1 N–H and O–H groups in total. The molecular weight excluding hydrogens is 248 g/mol. The minimum absolute atomic E-state index is 0.302. The van der Waals surface area contributed by atoms with Crippen molar-refractivity contribution in [1.29, 1.82) is 0 Å². The Labute approximate surface area is 124 Å². The normalized spacial score (nSPS) is 40.5. The van der Waals surface area contributed by atoms with Crippen molar-refractivity contribution >= 4 is 0 Å². The van der Waals surface area contributed by atoms with Gasteiger partial charge in [-0.2, -0.15) is 0 Å². The lowest BCUT2D eigenvalue weighted by molar-refractivity contribution is -0.157. The fourth-order valence-corrected chi connectivity index (χ4v) is 4.85. The third-order valence-corrected chi connectivity index (χ3v) is 6.45. The molecule has 1 spiro atoms. The summed E-state index contributed by atoms with van der Waals surface area (Å²) in [5.74, 6) is 0. The third kappa shape index (κ3) is 2.32. The van der Waals surface area contributed by atoms with E-state index in [0.29, 0.717) is 29.1 Å². The first kappa shape index (κ1) is 14.8. The minimum Gasteiger partial charge on any atom is -0.381 e. The molecule has 1 aliphatic heterocycles. The molecule has 3 fully saturated rings. The van der Waals surface area contributed by atoms with E-state index in [1.54, 1.807) is 0 Å². The highest BCUT2D eigenvalue weighted by atomic mass is 16.5. The van der Waals surface area contributed by atoms with Gasteiger partial charge in [0, 0.05) is 43.2 Å². The van der Waals surface area contributed by atoms with Gasteiger partial charge in [0.15, 0.2) is 0 Å². The summed E-state index contributed by atoms with van der Waals surface area (Å²) < 4.78 is 5.65. The van der Waals surface area contributed by atoms with Gasteiger partial charge in [-0.1, -0.05) is 33.1 Å². The monoisotopic (exact) mass is 280 g/mol. The predicted molar refractivity (Wildman–Crippen MR) is 83.0 cm³/mol. The van der Waals surface area contributed by atoms with Crippen LogP contribution in [0.2, 0.25) is 0 Å². The lowest BCUT2D eigenvalue weighted by Gasteiger charge is -2.61. The molecule has 0 bridgehead atoms. The topological polar surface area (TPSA) is 24.5 Å². The zero-order valence-electron chi connectivity index (χ0n) is 13.7. The highest BCUT2D eigenvalue weighted by Gasteiger charge is 2.54. The summed E-state index contributed by atoms with van der Waals surface area (Å²) in [5.41, 5.74) is 0.717. The third-order valence-electron chi connectivity index (χ3n) is 6.45. The lowest BCUT2D eigenvalue weighted by Crippen LogP contribution is -2.72. The Morgan fingerprint density at radius 1 is 1.15 bits per heavy atom. The Kier molecular flexibility index (Phi) is 3.89. The molecule has 1 saturated heterocycles. The van der Waals surface area contributed by atoms with Crippen LogP contribution in [-0.2, 0) is 4.74 Å². The highest BCUT2D eigenvalue weighted by molar-refractivity contribution is 5.09. The van der Waals surface area contributed by atoms with Crippen LogP contribution in [0.25, 0.3) is 0 Å². The highest BCUT2D eigenvalue weighted by Crippen LogP contribution is 2.47. The van der Waals surface area contributed by atoms with Crippen LogP contribution in [-0.4, -0.2) is 48.8 Å². The second-order valence-corrected chi connectivity index (χ2v) is 8.04. The van der Waals surface area contributed by atoms with Crippen molar-refractivity contribution in [3.63, 3.8) is 0 Å². The average molecular weight is 280 g/mol. The summed E-state index contributed by atoms with van der Waals surface area (Å²) in [6, 6.07) is 1.35. The number of hydrogen-bond acceptors (Lipinski definition) is 3. The largest absolute Gasteiger partial charge is 0.381 e. The Morgan fingerprint density at radius 3 is 2.45 bits per heavy atom. The molecule has 0 radical (unpaired) electrons. The summed E-state index contributed by atoms with van der Waals surface area (Å²) in [7, 11) is 1.87. The van der Waals surface area contributed by atoms with Crippen molar-refractivity contribution in [2.24, 2.45) is 5.41 Å². The van der Waals surface area contributed by atoms with E-state index in [1.807, 2.05) is 7.11 Å². The smallest absolute Gasteiger partial charge is 0.0652 e. The maximum absolute atomic E-state index is 5.65. The molecule has 116 valence electrons. The van der Waals surface area contributed by atoms with Gasteiger partial charge in [-0.05, 0) is 26.2 Å².